The number of benzene rings is 1. The van der Waals surface area contributed by atoms with Gasteiger partial charge >= 0.3 is 0 Å². The molecule has 0 saturated carbocycles. The van der Waals surface area contributed by atoms with Crippen LogP contribution in [0.15, 0.2) is 18.2 Å². The molecule has 2 amide bonds. The van der Waals surface area contributed by atoms with Crippen molar-refractivity contribution in [1.29, 1.82) is 0 Å². The lowest BCUT2D eigenvalue weighted by atomic mass is 10.1. The van der Waals surface area contributed by atoms with Gasteiger partial charge in [0.2, 0.25) is 11.8 Å². The fraction of sp³-hybridized carbons (Fsp3) is 0.529. The molecule has 0 radical (unpaired) electrons. The molecular weight excluding hydrogens is 296 g/mol. The fourth-order valence-electron chi connectivity index (χ4n) is 1.77. The molecule has 0 bridgehead atoms. The monoisotopic (exact) mass is 322 g/mol. The van der Waals surface area contributed by atoms with Crippen molar-refractivity contribution in [2.75, 3.05) is 24.7 Å². The van der Waals surface area contributed by atoms with Crippen molar-refractivity contribution < 1.29 is 9.59 Å². The van der Waals surface area contributed by atoms with Crippen LogP contribution < -0.4 is 5.32 Å². The van der Waals surface area contributed by atoms with Gasteiger partial charge in [0, 0.05) is 17.5 Å². The maximum absolute atomic E-state index is 12.1. The topological polar surface area (TPSA) is 49.4 Å². The summed E-state index contributed by atoms with van der Waals surface area (Å²) in [5.74, 6) is 0.179. The highest BCUT2D eigenvalue weighted by Gasteiger charge is 2.18. The molecule has 1 rings (SSSR count). The first-order valence-corrected chi connectivity index (χ1v) is 8.32. The number of carbonyl (C=O) groups is 2. The third kappa shape index (κ3) is 6.10. The Hall–Kier alpha value is -1.49. The Labute approximate surface area is 137 Å². The summed E-state index contributed by atoms with van der Waals surface area (Å²) in [6.45, 7) is 10.2. The highest BCUT2D eigenvalue weighted by Crippen LogP contribution is 2.23. The number of hydrogen-bond acceptors (Lipinski definition) is 3. The molecule has 122 valence electrons. The predicted molar refractivity (Wildman–Crippen MR) is 94.4 cm³/mol. The van der Waals surface area contributed by atoms with E-state index in [1.807, 2.05) is 32.0 Å². The van der Waals surface area contributed by atoms with Gasteiger partial charge in [0.1, 0.15) is 0 Å². The van der Waals surface area contributed by atoms with Crippen molar-refractivity contribution in [2.45, 2.75) is 39.4 Å². The summed E-state index contributed by atoms with van der Waals surface area (Å²) < 4.78 is 0.0391. The molecule has 0 saturated heterocycles. The zero-order valence-electron chi connectivity index (χ0n) is 14.3. The Morgan fingerprint density at radius 1 is 1.23 bits per heavy atom. The van der Waals surface area contributed by atoms with Gasteiger partial charge in [-0.2, -0.15) is 0 Å². The first-order valence-electron chi connectivity index (χ1n) is 7.34. The SMILES string of the molecule is Cc1cccc(NC(=O)CN(C)C(=O)CSC(C)(C)C)c1C. The molecule has 0 unspecified atom stereocenters. The molecule has 0 aliphatic carbocycles. The number of likely N-dealkylation sites (N-methyl/N-ethyl adjacent to an activating group) is 1. The van der Waals surface area contributed by atoms with Gasteiger partial charge in [0.05, 0.1) is 12.3 Å². The number of amides is 2. The molecule has 0 spiro atoms. The largest absolute Gasteiger partial charge is 0.336 e. The number of aryl methyl sites for hydroxylation is 1. The first kappa shape index (κ1) is 18.6. The van der Waals surface area contributed by atoms with Crippen LogP contribution in [0.25, 0.3) is 0 Å². The normalized spacial score (nSPS) is 11.2. The standard InChI is InChI=1S/C17H26N2O2S/c1-12-8-7-9-14(13(12)2)18-15(20)10-19(6)16(21)11-22-17(3,4)5/h7-9H,10-11H2,1-6H3,(H,18,20). The summed E-state index contributed by atoms with van der Waals surface area (Å²) in [4.78, 5) is 25.6. The van der Waals surface area contributed by atoms with E-state index in [1.54, 1.807) is 18.8 Å². The molecule has 0 fully saturated rings. The average Bonchev–Trinajstić information content (AvgIpc) is 2.40. The van der Waals surface area contributed by atoms with Gasteiger partial charge in [-0.15, -0.1) is 11.8 Å². The van der Waals surface area contributed by atoms with E-state index in [4.69, 9.17) is 0 Å². The highest BCUT2D eigenvalue weighted by atomic mass is 32.2. The molecule has 0 aromatic heterocycles. The van der Waals surface area contributed by atoms with E-state index < -0.39 is 0 Å². The molecular formula is C17H26N2O2S. The van der Waals surface area contributed by atoms with Gasteiger partial charge < -0.3 is 10.2 Å². The first-order chi connectivity index (χ1) is 10.1. The second kappa shape index (κ2) is 7.68. The number of rotatable bonds is 5. The van der Waals surface area contributed by atoms with Gasteiger partial charge in [-0.3, -0.25) is 9.59 Å². The van der Waals surface area contributed by atoms with Crippen LogP contribution in [-0.4, -0.2) is 40.8 Å². The van der Waals surface area contributed by atoms with E-state index in [0.717, 1.165) is 16.8 Å². The Morgan fingerprint density at radius 3 is 2.45 bits per heavy atom. The lowest BCUT2D eigenvalue weighted by Gasteiger charge is -2.21. The van der Waals surface area contributed by atoms with Crippen LogP contribution in [0.4, 0.5) is 5.69 Å². The zero-order chi connectivity index (χ0) is 16.9. The molecule has 4 nitrogen and oxygen atoms in total. The van der Waals surface area contributed by atoms with Crippen molar-refractivity contribution in [3.05, 3.63) is 29.3 Å². The van der Waals surface area contributed by atoms with Crippen molar-refractivity contribution >= 4 is 29.3 Å². The third-order valence-electron chi connectivity index (χ3n) is 3.31. The summed E-state index contributed by atoms with van der Waals surface area (Å²) in [6.07, 6.45) is 0. The van der Waals surface area contributed by atoms with Gasteiger partial charge in [0.25, 0.3) is 0 Å². The van der Waals surface area contributed by atoms with Crippen LogP contribution in [0.3, 0.4) is 0 Å². The molecule has 1 N–H and O–H groups in total. The second-order valence-electron chi connectivity index (χ2n) is 6.45. The minimum absolute atomic E-state index is 0.0314. The van der Waals surface area contributed by atoms with Crippen LogP contribution in [0, 0.1) is 13.8 Å². The van der Waals surface area contributed by atoms with E-state index in [9.17, 15) is 9.59 Å². The smallest absolute Gasteiger partial charge is 0.243 e. The Bertz CT molecular complexity index is 550. The number of carbonyl (C=O) groups excluding carboxylic acids is 2. The quantitative estimate of drug-likeness (QED) is 0.905. The maximum atomic E-state index is 12.1. The summed E-state index contributed by atoms with van der Waals surface area (Å²) in [5.41, 5.74) is 2.98. The minimum Gasteiger partial charge on any atom is -0.336 e. The van der Waals surface area contributed by atoms with Crippen molar-refractivity contribution in [1.82, 2.24) is 4.90 Å². The van der Waals surface area contributed by atoms with Crippen LogP contribution in [0.1, 0.15) is 31.9 Å². The van der Waals surface area contributed by atoms with E-state index in [-0.39, 0.29) is 23.1 Å². The molecule has 0 atom stereocenters. The van der Waals surface area contributed by atoms with Crippen molar-refractivity contribution in [2.24, 2.45) is 0 Å². The van der Waals surface area contributed by atoms with Crippen molar-refractivity contribution in [3.8, 4) is 0 Å². The summed E-state index contributed by atoms with van der Waals surface area (Å²) in [7, 11) is 1.66. The second-order valence-corrected chi connectivity index (χ2v) is 8.25. The van der Waals surface area contributed by atoms with Gasteiger partial charge in [0.15, 0.2) is 0 Å². The van der Waals surface area contributed by atoms with E-state index in [2.05, 4.69) is 26.1 Å². The number of thioether (sulfide) groups is 1. The Balaban J connectivity index is 2.54. The van der Waals surface area contributed by atoms with Gasteiger partial charge in [-0.1, -0.05) is 32.9 Å². The maximum Gasteiger partial charge on any atom is 0.243 e. The Morgan fingerprint density at radius 2 is 1.86 bits per heavy atom. The molecule has 0 aliphatic rings. The van der Waals surface area contributed by atoms with Crippen molar-refractivity contribution in [3.63, 3.8) is 0 Å². The minimum atomic E-state index is -0.176. The number of nitrogens with one attached hydrogen (secondary N) is 1. The lowest BCUT2D eigenvalue weighted by molar-refractivity contribution is -0.131. The highest BCUT2D eigenvalue weighted by molar-refractivity contribution is 8.01. The average molecular weight is 322 g/mol. The molecule has 5 heteroatoms. The summed E-state index contributed by atoms with van der Waals surface area (Å²) >= 11 is 1.58. The number of nitrogens with zero attached hydrogens (tertiary/aromatic N) is 1. The summed E-state index contributed by atoms with van der Waals surface area (Å²) in [6, 6.07) is 5.79. The number of anilines is 1. The van der Waals surface area contributed by atoms with Crippen LogP contribution in [0.2, 0.25) is 0 Å². The predicted octanol–water partition coefficient (Wildman–Crippen LogP) is 3.23. The van der Waals surface area contributed by atoms with Crippen LogP contribution in [-0.2, 0) is 9.59 Å². The molecule has 22 heavy (non-hydrogen) atoms. The van der Waals surface area contributed by atoms with Gasteiger partial charge in [-0.25, -0.2) is 0 Å². The van der Waals surface area contributed by atoms with E-state index in [1.165, 1.54) is 4.90 Å². The molecule has 1 aromatic carbocycles. The van der Waals surface area contributed by atoms with Crippen LogP contribution >= 0.6 is 11.8 Å². The van der Waals surface area contributed by atoms with E-state index in [0.29, 0.717) is 5.75 Å². The summed E-state index contributed by atoms with van der Waals surface area (Å²) in [5, 5.41) is 2.87. The molecule has 1 aromatic rings. The molecule has 0 heterocycles. The van der Waals surface area contributed by atoms with Crippen LogP contribution in [0.5, 0.6) is 0 Å². The fourth-order valence-corrected chi connectivity index (χ4v) is 2.55. The van der Waals surface area contributed by atoms with E-state index >= 15 is 0 Å². The molecule has 0 aliphatic heterocycles. The lowest BCUT2D eigenvalue weighted by Crippen LogP contribution is -2.36. The number of hydrogen-bond donors (Lipinski definition) is 1. The van der Waals surface area contributed by atoms with Gasteiger partial charge in [-0.05, 0) is 31.0 Å². The zero-order valence-corrected chi connectivity index (χ0v) is 15.1. The third-order valence-corrected chi connectivity index (χ3v) is 4.57. The Kier molecular flexibility index (Phi) is 6.48.